The van der Waals surface area contributed by atoms with E-state index in [9.17, 15) is 4.79 Å². The second kappa shape index (κ2) is 4.86. The molecule has 2 nitrogen and oxygen atoms in total. The van der Waals surface area contributed by atoms with Gasteiger partial charge in [-0.15, -0.1) is 11.8 Å². The third-order valence-electron chi connectivity index (χ3n) is 1.62. The summed E-state index contributed by atoms with van der Waals surface area (Å²) in [6.45, 7) is 5.13. The van der Waals surface area contributed by atoms with E-state index in [-0.39, 0.29) is 5.97 Å². The zero-order chi connectivity index (χ0) is 10.6. The summed E-state index contributed by atoms with van der Waals surface area (Å²) in [5, 5.41) is 0. The molecular weight excluding hydrogens is 196 g/mol. The van der Waals surface area contributed by atoms with Crippen LogP contribution in [-0.4, -0.2) is 12.2 Å². The van der Waals surface area contributed by atoms with Crippen molar-refractivity contribution in [2.75, 3.05) is 6.26 Å². The van der Waals surface area contributed by atoms with E-state index in [2.05, 4.69) is 6.58 Å². The van der Waals surface area contributed by atoms with Crippen LogP contribution < -0.4 is 4.74 Å². The van der Waals surface area contributed by atoms with E-state index in [0.29, 0.717) is 11.3 Å². The van der Waals surface area contributed by atoms with Crippen molar-refractivity contribution in [1.29, 1.82) is 0 Å². The van der Waals surface area contributed by atoms with Crippen molar-refractivity contribution in [2.24, 2.45) is 0 Å². The summed E-state index contributed by atoms with van der Waals surface area (Å²) >= 11 is 1.64. The fourth-order valence-electron chi connectivity index (χ4n) is 0.838. The molecule has 1 rings (SSSR count). The van der Waals surface area contributed by atoms with E-state index in [1.165, 1.54) is 0 Å². The lowest BCUT2D eigenvalue weighted by atomic mass is 10.3. The minimum absolute atomic E-state index is 0.387. The van der Waals surface area contributed by atoms with Gasteiger partial charge >= 0.3 is 5.97 Å². The van der Waals surface area contributed by atoms with Crippen molar-refractivity contribution >= 4 is 17.7 Å². The number of carbonyl (C=O) groups is 1. The van der Waals surface area contributed by atoms with E-state index in [1.807, 2.05) is 18.4 Å². The Kier molecular flexibility index (Phi) is 3.77. The summed E-state index contributed by atoms with van der Waals surface area (Å²) in [6, 6.07) is 7.36. The van der Waals surface area contributed by atoms with Crippen LogP contribution in [0.2, 0.25) is 0 Å². The first-order chi connectivity index (χ1) is 6.63. The maximum atomic E-state index is 11.1. The molecule has 0 atom stereocenters. The molecule has 0 radical (unpaired) electrons. The van der Waals surface area contributed by atoms with Crippen LogP contribution in [0.25, 0.3) is 0 Å². The molecule has 14 heavy (non-hydrogen) atoms. The van der Waals surface area contributed by atoms with Gasteiger partial charge in [0, 0.05) is 10.5 Å². The highest BCUT2D eigenvalue weighted by Gasteiger charge is 2.04. The second-order valence-electron chi connectivity index (χ2n) is 2.85. The van der Waals surface area contributed by atoms with Gasteiger partial charge in [0.15, 0.2) is 0 Å². The van der Waals surface area contributed by atoms with E-state index in [1.54, 1.807) is 30.8 Å². The van der Waals surface area contributed by atoms with Crippen molar-refractivity contribution in [3.8, 4) is 5.75 Å². The number of hydrogen-bond donors (Lipinski definition) is 0. The number of carbonyl (C=O) groups excluding carboxylic acids is 1. The number of esters is 1. The Morgan fingerprint density at radius 1 is 1.36 bits per heavy atom. The molecule has 1 aromatic carbocycles. The van der Waals surface area contributed by atoms with Crippen molar-refractivity contribution < 1.29 is 9.53 Å². The zero-order valence-corrected chi connectivity index (χ0v) is 9.06. The smallest absolute Gasteiger partial charge is 0.338 e. The number of benzene rings is 1. The topological polar surface area (TPSA) is 26.3 Å². The van der Waals surface area contributed by atoms with Gasteiger partial charge in [-0.3, -0.25) is 0 Å². The fourth-order valence-corrected chi connectivity index (χ4v) is 1.25. The molecule has 0 aliphatic heterocycles. The molecule has 0 saturated carbocycles. The molecule has 0 bridgehead atoms. The first-order valence-electron chi connectivity index (χ1n) is 4.15. The van der Waals surface area contributed by atoms with Crippen molar-refractivity contribution in [2.45, 2.75) is 11.8 Å². The standard InChI is InChI=1S/C11H12O2S/c1-8(2)11(12)13-9-4-6-10(14-3)7-5-9/h4-7H,1H2,2-3H3. The molecule has 0 saturated heterocycles. The molecule has 0 aliphatic carbocycles. The summed E-state index contributed by atoms with van der Waals surface area (Å²) < 4.78 is 5.03. The van der Waals surface area contributed by atoms with Gasteiger partial charge < -0.3 is 4.74 Å². The van der Waals surface area contributed by atoms with Gasteiger partial charge in [0.05, 0.1) is 0 Å². The molecule has 0 fully saturated rings. The van der Waals surface area contributed by atoms with Gasteiger partial charge in [0.25, 0.3) is 0 Å². The van der Waals surface area contributed by atoms with Gasteiger partial charge in [-0.1, -0.05) is 6.58 Å². The van der Waals surface area contributed by atoms with E-state index < -0.39 is 0 Å². The lowest BCUT2D eigenvalue weighted by molar-refractivity contribution is -0.130. The zero-order valence-electron chi connectivity index (χ0n) is 8.24. The van der Waals surface area contributed by atoms with Crippen LogP contribution in [0.15, 0.2) is 41.3 Å². The summed E-state index contributed by atoms with van der Waals surface area (Å²) in [7, 11) is 0. The predicted octanol–water partition coefficient (Wildman–Crippen LogP) is 2.89. The van der Waals surface area contributed by atoms with Crippen molar-refractivity contribution in [1.82, 2.24) is 0 Å². The normalized spacial score (nSPS) is 9.57. The summed E-state index contributed by atoms with van der Waals surface area (Å²) in [5.74, 6) is 0.165. The molecule has 3 heteroatoms. The quantitative estimate of drug-likeness (QED) is 0.330. The summed E-state index contributed by atoms with van der Waals surface area (Å²) in [6.07, 6.45) is 1.99. The van der Waals surface area contributed by atoms with Crippen LogP contribution in [0, 0.1) is 0 Å². The third-order valence-corrected chi connectivity index (χ3v) is 2.36. The Balaban J connectivity index is 2.69. The molecule has 74 valence electrons. The minimum Gasteiger partial charge on any atom is -0.423 e. The van der Waals surface area contributed by atoms with Crippen LogP contribution in [0.3, 0.4) is 0 Å². The Labute approximate surface area is 88.0 Å². The SMILES string of the molecule is C=C(C)C(=O)Oc1ccc(SC)cc1. The maximum Gasteiger partial charge on any atom is 0.338 e. The van der Waals surface area contributed by atoms with Gasteiger partial charge in [-0.2, -0.15) is 0 Å². The lowest BCUT2D eigenvalue weighted by Gasteiger charge is -2.03. The summed E-state index contributed by atoms with van der Waals surface area (Å²) in [5.41, 5.74) is 0.402. The third kappa shape index (κ3) is 2.92. The molecule has 0 unspecified atom stereocenters. The van der Waals surface area contributed by atoms with Crippen molar-refractivity contribution in [3.05, 3.63) is 36.4 Å². The minimum atomic E-state index is -0.387. The van der Waals surface area contributed by atoms with Crippen LogP contribution in [-0.2, 0) is 4.79 Å². The highest BCUT2D eigenvalue weighted by atomic mass is 32.2. The molecular formula is C11H12O2S. The number of hydrogen-bond acceptors (Lipinski definition) is 3. The van der Waals surface area contributed by atoms with Crippen LogP contribution in [0.5, 0.6) is 5.75 Å². The number of ether oxygens (including phenoxy) is 1. The number of thioether (sulfide) groups is 1. The molecule has 0 aliphatic rings. The first-order valence-corrected chi connectivity index (χ1v) is 5.37. The Bertz CT molecular complexity index is 341. The first kappa shape index (κ1) is 10.9. The molecule has 0 heterocycles. The van der Waals surface area contributed by atoms with E-state index in [0.717, 1.165) is 4.90 Å². The highest BCUT2D eigenvalue weighted by Crippen LogP contribution is 2.19. The lowest BCUT2D eigenvalue weighted by Crippen LogP contribution is -2.07. The van der Waals surface area contributed by atoms with E-state index in [4.69, 9.17) is 4.74 Å². The summed E-state index contributed by atoms with van der Waals surface area (Å²) in [4.78, 5) is 12.3. The van der Waals surface area contributed by atoms with Crippen LogP contribution in [0.4, 0.5) is 0 Å². The van der Waals surface area contributed by atoms with Crippen LogP contribution >= 0.6 is 11.8 Å². The fraction of sp³-hybridized carbons (Fsp3) is 0.182. The van der Waals surface area contributed by atoms with Gasteiger partial charge in [0.1, 0.15) is 5.75 Å². The Morgan fingerprint density at radius 3 is 2.36 bits per heavy atom. The Hall–Kier alpha value is -1.22. The molecule has 0 spiro atoms. The molecule has 0 amide bonds. The molecule has 0 N–H and O–H groups in total. The maximum absolute atomic E-state index is 11.1. The van der Waals surface area contributed by atoms with Gasteiger partial charge in [-0.05, 0) is 37.4 Å². The van der Waals surface area contributed by atoms with E-state index >= 15 is 0 Å². The van der Waals surface area contributed by atoms with Gasteiger partial charge in [0.2, 0.25) is 0 Å². The largest absolute Gasteiger partial charge is 0.423 e. The Morgan fingerprint density at radius 2 is 1.93 bits per heavy atom. The van der Waals surface area contributed by atoms with Crippen LogP contribution in [0.1, 0.15) is 6.92 Å². The monoisotopic (exact) mass is 208 g/mol. The predicted molar refractivity (Wildman–Crippen MR) is 58.7 cm³/mol. The highest BCUT2D eigenvalue weighted by molar-refractivity contribution is 7.98. The molecule has 0 aromatic heterocycles. The number of rotatable bonds is 3. The van der Waals surface area contributed by atoms with Gasteiger partial charge in [-0.25, -0.2) is 4.79 Å². The average Bonchev–Trinajstić information content (AvgIpc) is 2.19. The average molecular weight is 208 g/mol. The molecule has 1 aromatic rings. The van der Waals surface area contributed by atoms with Crippen molar-refractivity contribution in [3.63, 3.8) is 0 Å². The second-order valence-corrected chi connectivity index (χ2v) is 3.73.